The van der Waals surface area contributed by atoms with Crippen molar-refractivity contribution in [1.29, 1.82) is 5.26 Å². The van der Waals surface area contributed by atoms with E-state index in [1.54, 1.807) is 36.8 Å². The van der Waals surface area contributed by atoms with E-state index in [1.807, 2.05) is 10.8 Å². The number of carbonyl (C=O) groups excluding carboxylic acids is 2. The second kappa shape index (κ2) is 12.3. The van der Waals surface area contributed by atoms with Crippen LogP contribution in [-0.2, 0) is 13.1 Å². The van der Waals surface area contributed by atoms with Gasteiger partial charge in [-0.2, -0.15) is 5.26 Å². The smallest absolute Gasteiger partial charge is 0.324 e. The van der Waals surface area contributed by atoms with Crippen molar-refractivity contribution in [3.05, 3.63) is 65.2 Å². The van der Waals surface area contributed by atoms with Crippen LogP contribution in [0.5, 0.6) is 0 Å². The zero-order valence-electron chi connectivity index (χ0n) is 18.0. The van der Waals surface area contributed by atoms with Gasteiger partial charge in [0.05, 0.1) is 30.7 Å². The zero-order chi connectivity index (χ0) is 23.5. The van der Waals surface area contributed by atoms with E-state index >= 15 is 0 Å². The van der Waals surface area contributed by atoms with E-state index in [4.69, 9.17) is 10.4 Å². The van der Waals surface area contributed by atoms with Crippen LogP contribution >= 0.6 is 11.3 Å². The highest BCUT2D eigenvalue weighted by molar-refractivity contribution is 7.17. The lowest BCUT2D eigenvalue weighted by Gasteiger charge is -2.20. The molecule has 33 heavy (non-hydrogen) atoms. The molecule has 3 amide bonds. The number of benzene rings is 1. The van der Waals surface area contributed by atoms with E-state index < -0.39 is 0 Å². The molecule has 0 spiro atoms. The summed E-state index contributed by atoms with van der Waals surface area (Å²) in [5.41, 5.74) is 1.34. The van der Waals surface area contributed by atoms with Gasteiger partial charge >= 0.3 is 6.03 Å². The number of urea groups is 1. The molecule has 0 saturated carbocycles. The fraction of sp³-hybridized carbons (Fsp3) is 0.318. The molecule has 2 heterocycles. The summed E-state index contributed by atoms with van der Waals surface area (Å²) in [4.78, 5) is 35.4. The van der Waals surface area contributed by atoms with Crippen molar-refractivity contribution in [2.24, 2.45) is 0 Å². The van der Waals surface area contributed by atoms with Crippen molar-refractivity contribution in [1.82, 2.24) is 25.2 Å². The molecule has 10 nitrogen and oxygen atoms in total. The van der Waals surface area contributed by atoms with Crippen LogP contribution in [0.1, 0.15) is 33.6 Å². The van der Waals surface area contributed by atoms with Crippen molar-refractivity contribution in [3.8, 4) is 6.07 Å². The molecule has 0 fully saturated rings. The number of carbonyl (C=O) groups is 2. The average Bonchev–Trinajstić information content (AvgIpc) is 3.53. The van der Waals surface area contributed by atoms with E-state index in [9.17, 15) is 9.59 Å². The number of aryl methyl sites for hydroxylation is 1. The number of aliphatic hydroxyl groups excluding tert-OH is 1. The second-order valence-corrected chi connectivity index (χ2v) is 8.13. The maximum Gasteiger partial charge on any atom is 0.324 e. The van der Waals surface area contributed by atoms with Gasteiger partial charge in [-0.3, -0.25) is 9.69 Å². The van der Waals surface area contributed by atoms with Gasteiger partial charge < -0.3 is 20.3 Å². The first-order valence-electron chi connectivity index (χ1n) is 10.5. The summed E-state index contributed by atoms with van der Waals surface area (Å²) < 4.78 is 1.94. The van der Waals surface area contributed by atoms with Crippen LogP contribution < -0.4 is 15.5 Å². The zero-order valence-corrected chi connectivity index (χ0v) is 18.8. The van der Waals surface area contributed by atoms with Crippen molar-refractivity contribution in [2.75, 3.05) is 24.6 Å². The predicted molar refractivity (Wildman–Crippen MR) is 124 cm³/mol. The minimum Gasteiger partial charge on any atom is -0.396 e. The van der Waals surface area contributed by atoms with Gasteiger partial charge in [0.1, 0.15) is 4.88 Å². The standard InChI is InChI=1S/C22H25N7O3S/c23-13-17-3-5-18(6-4-17)15-29(21(32)26-8-2-12-30)22-27-14-19(33-22)20(31)25-7-1-10-28-11-9-24-16-28/h3-6,9,11,14,16,30H,1-2,7-8,10,12,15H2,(H,25,31)(H,26,32). The average molecular weight is 468 g/mol. The summed E-state index contributed by atoms with van der Waals surface area (Å²) in [7, 11) is 0. The molecule has 0 aliphatic rings. The SMILES string of the molecule is N#Cc1ccc(CN(C(=O)NCCCO)c2ncc(C(=O)NCCCn3ccnc3)s2)cc1. The first kappa shape index (κ1) is 23.9. The molecule has 3 aromatic rings. The van der Waals surface area contributed by atoms with Crippen molar-refractivity contribution >= 4 is 28.4 Å². The monoisotopic (exact) mass is 467 g/mol. The van der Waals surface area contributed by atoms with Crippen LogP contribution in [-0.4, -0.2) is 51.3 Å². The molecule has 0 unspecified atom stereocenters. The largest absolute Gasteiger partial charge is 0.396 e. The molecule has 0 aliphatic carbocycles. The molecule has 3 N–H and O–H groups in total. The summed E-state index contributed by atoms with van der Waals surface area (Å²) in [6.07, 6.45) is 7.95. The maximum absolute atomic E-state index is 12.8. The molecular weight excluding hydrogens is 442 g/mol. The summed E-state index contributed by atoms with van der Waals surface area (Å²) >= 11 is 1.12. The Morgan fingerprint density at radius 3 is 2.67 bits per heavy atom. The Bertz CT molecular complexity index is 1070. The predicted octanol–water partition coefficient (Wildman–Crippen LogP) is 2.13. The van der Waals surface area contributed by atoms with Gasteiger partial charge in [-0.15, -0.1) is 0 Å². The third-order valence-electron chi connectivity index (χ3n) is 4.67. The molecular formula is C22H25N7O3S. The lowest BCUT2D eigenvalue weighted by Crippen LogP contribution is -2.40. The second-order valence-electron chi connectivity index (χ2n) is 7.12. The highest BCUT2D eigenvalue weighted by Gasteiger charge is 2.21. The van der Waals surface area contributed by atoms with Gasteiger partial charge in [-0.25, -0.2) is 14.8 Å². The van der Waals surface area contributed by atoms with Crippen LogP contribution in [0.4, 0.5) is 9.93 Å². The molecule has 3 rings (SSSR count). The molecule has 1 aromatic carbocycles. The Hall–Kier alpha value is -3.75. The van der Waals surface area contributed by atoms with Gasteiger partial charge in [0, 0.05) is 38.6 Å². The van der Waals surface area contributed by atoms with Gasteiger partial charge in [-0.1, -0.05) is 23.5 Å². The van der Waals surface area contributed by atoms with Crippen LogP contribution in [0.15, 0.2) is 49.2 Å². The molecule has 2 aromatic heterocycles. The van der Waals surface area contributed by atoms with Crippen molar-refractivity contribution in [3.63, 3.8) is 0 Å². The minimum atomic E-state index is -0.380. The number of anilines is 1. The molecule has 0 bridgehead atoms. The number of nitrogens with one attached hydrogen (secondary N) is 2. The Labute approximate surface area is 195 Å². The number of aromatic nitrogens is 3. The Morgan fingerprint density at radius 1 is 1.18 bits per heavy atom. The molecule has 172 valence electrons. The van der Waals surface area contributed by atoms with Crippen molar-refractivity contribution in [2.45, 2.75) is 25.9 Å². The molecule has 0 atom stereocenters. The highest BCUT2D eigenvalue weighted by atomic mass is 32.1. The van der Waals surface area contributed by atoms with Gasteiger partial charge in [0.2, 0.25) is 0 Å². The van der Waals surface area contributed by atoms with Crippen LogP contribution in [0.3, 0.4) is 0 Å². The van der Waals surface area contributed by atoms with Crippen LogP contribution in [0, 0.1) is 11.3 Å². The minimum absolute atomic E-state index is 0.0294. The number of amides is 3. The lowest BCUT2D eigenvalue weighted by molar-refractivity contribution is 0.0956. The van der Waals surface area contributed by atoms with E-state index in [1.165, 1.54) is 11.1 Å². The number of aliphatic hydroxyl groups is 1. The number of thiazole rings is 1. The van der Waals surface area contributed by atoms with E-state index in [2.05, 4.69) is 26.7 Å². The first-order chi connectivity index (χ1) is 16.1. The number of rotatable bonds is 11. The number of hydrogen-bond donors (Lipinski definition) is 3. The quantitative estimate of drug-likeness (QED) is 0.370. The van der Waals surface area contributed by atoms with Crippen LogP contribution in [0.2, 0.25) is 0 Å². The van der Waals surface area contributed by atoms with Gasteiger partial charge in [-0.05, 0) is 30.5 Å². The third kappa shape index (κ3) is 7.13. The third-order valence-corrected chi connectivity index (χ3v) is 5.69. The van der Waals surface area contributed by atoms with E-state index in [-0.39, 0.29) is 25.1 Å². The normalized spacial score (nSPS) is 10.4. The summed E-state index contributed by atoms with van der Waals surface area (Å²) in [5.74, 6) is -0.247. The number of hydrogen-bond acceptors (Lipinski definition) is 7. The summed E-state index contributed by atoms with van der Waals surface area (Å²) in [5, 5.41) is 24.0. The lowest BCUT2D eigenvalue weighted by atomic mass is 10.1. The summed E-state index contributed by atoms with van der Waals surface area (Å²) in [6, 6.07) is 8.59. The molecule has 0 aliphatic heterocycles. The fourth-order valence-electron chi connectivity index (χ4n) is 2.93. The number of imidazole rings is 1. The Balaban J connectivity index is 1.64. The highest BCUT2D eigenvalue weighted by Crippen LogP contribution is 2.24. The topological polar surface area (TPSA) is 136 Å². The van der Waals surface area contributed by atoms with E-state index in [0.29, 0.717) is 35.1 Å². The molecule has 0 radical (unpaired) electrons. The summed E-state index contributed by atoms with van der Waals surface area (Å²) in [6.45, 7) is 1.75. The number of nitrogens with zero attached hydrogens (tertiary/aromatic N) is 5. The Morgan fingerprint density at radius 2 is 1.97 bits per heavy atom. The molecule has 11 heteroatoms. The maximum atomic E-state index is 12.8. The van der Waals surface area contributed by atoms with Crippen molar-refractivity contribution < 1.29 is 14.7 Å². The Kier molecular flexibility index (Phi) is 8.93. The van der Waals surface area contributed by atoms with Gasteiger partial charge in [0.15, 0.2) is 5.13 Å². The molecule has 0 saturated heterocycles. The fourth-order valence-corrected chi connectivity index (χ4v) is 3.76. The van der Waals surface area contributed by atoms with Gasteiger partial charge in [0.25, 0.3) is 5.91 Å². The first-order valence-corrected chi connectivity index (χ1v) is 11.3. The number of nitriles is 1. The van der Waals surface area contributed by atoms with E-state index in [0.717, 1.165) is 29.9 Å². The van der Waals surface area contributed by atoms with Crippen LogP contribution in [0.25, 0.3) is 0 Å².